The van der Waals surface area contributed by atoms with Crippen molar-refractivity contribution in [1.29, 1.82) is 0 Å². The second kappa shape index (κ2) is 9.39. The Hall–Kier alpha value is -2.12. The largest absolute Gasteiger partial charge is 0.493 e. The van der Waals surface area contributed by atoms with Crippen LogP contribution in [0.15, 0.2) is 18.5 Å². The van der Waals surface area contributed by atoms with Gasteiger partial charge in [-0.1, -0.05) is 0 Å². The third kappa shape index (κ3) is 4.47. The van der Waals surface area contributed by atoms with E-state index in [1.54, 1.807) is 13.4 Å². The first-order valence-electron chi connectivity index (χ1n) is 10.4. The summed E-state index contributed by atoms with van der Waals surface area (Å²) in [4.78, 5) is 11.3. The quantitative estimate of drug-likeness (QED) is 0.738. The fraction of sp³-hybridized carbons (Fsp3) is 0.619. The van der Waals surface area contributed by atoms with E-state index in [1.165, 1.54) is 19.3 Å². The zero-order valence-corrected chi connectivity index (χ0v) is 16.7. The number of piperidine rings is 1. The maximum atomic E-state index is 6.08. The molecule has 2 aliphatic rings. The molecule has 2 saturated heterocycles. The van der Waals surface area contributed by atoms with E-state index in [0.717, 1.165) is 79.8 Å². The molecule has 2 fully saturated rings. The van der Waals surface area contributed by atoms with E-state index in [4.69, 9.17) is 9.47 Å². The van der Waals surface area contributed by atoms with Gasteiger partial charge in [0.1, 0.15) is 12.1 Å². The third-order valence-electron chi connectivity index (χ3n) is 5.67. The Balaban J connectivity index is 1.46. The van der Waals surface area contributed by atoms with Gasteiger partial charge in [-0.05, 0) is 50.8 Å². The van der Waals surface area contributed by atoms with Gasteiger partial charge in [-0.25, -0.2) is 15.3 Å². The fourth-order valence-corrected chi connectivity index (χ4v) is 4.12. The second-order valence-corrected chi connectivity index (χ2v) is 7.58. The van der Waals surface area contributed by atoms with Crippen molar-refractivity contribution in [3.63, 3.8) is 0 Å². The molecule has 2 aliphatic heterocycles. The van der Waals surface area contributed by atoms with Crippen LogP contribution in [0.4, 0.5) is 5.82 Å². The van der Waals surface area contributed by atoms with Crippen molar-refractivity contribution in [3.05, 3.63) is 18.5 Å². The molecule has 2 aromatic rings. The maximum absolute atomic E-state index is 6.08. The van der Waals surface area contributed by atoms with Crippen LogP contribution in [0, 0.1) is 5.92 Å². The number of ether oxygens (including phenoxy) is 2. The van der Waals surface area contributed by atoms with Gasteiger partial charge >= 0.3 is 0 Å². The summed E-state index contributed by atoms with van der Waals surface area (Å²) in [6, 6.07) is 3.99. The number of hydrogen-bond acceptors (Lipinski definition) is 6. The molecule has 1 unspecified atom stereocenters. The van der Waals surface area contributed by atoms with Crippen LogP contribution in [0.5, 0.6) is 11.5 Å². The molecule has 1 atom stereocenters. The highest BCUT2D eigenvalue weighted by atomic mass is 16.5. The number of rotatable bonds is 7. The van der Waals surface area contributed by atoms with Gasteiger partial charge in [0, 0.05) is 37.6 Å². The van der Waals surface area contributed by atoms with Crippen LogP contribution in [0.25, 0.3) is 10.9 Å². The second-order valence-electron chi connectivity index (χ2n) is 7.58. The number of anilines is 1. The lowest BCUT2D eigenvalue weighted by Gasteiger charge is -2.28. The summed E-state index contributed by atoms with van der Waals surface area (Å²) >= 11 is 0. The van der Waals surface area contributed by atoms with E-state index in [-0.39, 0.29) is 0 Å². The van der Waals surface area contributed by atoms with Crippen LogP contribution in [-0.2, 0) is 0 Å². The molecule has 7 nitrogen and oxygen atoms in total. The van der Waals surface area contributed by atoms with Crippen LogP contribution in [-0.4, -0.2) is 63.0 Å². The SMILES string of the molecule is COc1cc2c(N3CC[N]CC3)ncnc2cc1OCCCC1CCCNC1. The third-order valence-corrected chi connectivity index (χ3v) is 5.67. The number of benzene rings is 1. The summed E-state index contributed by atoms with van der Waals surface area (Å²) in [5.74, 6) is 3.23. The highest BCUT2D eigenvalue weighted by Crippen LogP contribution is 2.35. The molecule has 1 radical (unpaired) electrons. The monoisotopic (exact) mass is 384 g/mol. The average molecular weight is 385 g/mol. The molecule has 0 saturated carbocycles. The van der Waals surface area contributed by atoms with E-state index >= 15 is 0 Å². The summed E-state index contributed by atoms with van der Waals surface area (Å²) in [5, 5.41) is 8.90. The summed E-state index contributed by atoms with van der Waals surface area (Å²) in [6.07, 6.45) is 6.51. The number of fused-ring (bicyclic) bond motifs is 1. The Morgan fingerprint density at radius 1 is 1.18 bits per heavy atom. The number of piperazine rings is 1. The van der Waals surface area contributed by atoms with Crippen molar-refractivity contribution >= 4 is 16.7 Å². The number of hydrogen-bond donors (Lipinski definition) is 1. The first-order valence-corrected chi connectivity index (χ1v) is 10.4. The van der Waals surface area contributed by atoms with E-state index in [0.29, 0.717) is 6.61 Å². The van der Waals surface area contributed by atoms with Gasteiger partial charge in [-0.3, -0.25) is 0 Å². The van der Waals surface area contributed by atoms with Crippen LogP contribution in [0.3, 0.4) is 0 Å². The Kier molecular flexibility index (Phi) is 6.44. The van der Waals surface area contributed by atoms with Crippen molar-refractivity contribution in [2.24, 2.45) is 5.92 Å². The molecule has 0 amide bonds. The zero-order chi connectivity index (χ0) is 19.2. The lowest BCUT2D eigenvalue weighted by molar-refractivity contribution is 0.264. The van der Waals surface area contributed by atoms with E-state index < -0.39 is 0 Å². The number of nitrogens with one attached hydrogen (secondary N) is 1. The predicted octanol–water partition coefficient (Wildman–Crippen LogP) is 2.22. The van der Waals surface area contributed by atoms with Crippen molar-refractivity contribution in [2.45, 2.75) is 25.7 Å². The van der Waals surface area contributed by atoms with Gasteiger partial charge in [0.2, 0.25) is 0 Å². The molecule has 151 valence electrons. The number of nitrogens with zero attached hydrogens (tertiary/aromatic N) is 4. The summed E-state index contributed by atoms with van der Waals surface area (Å²) in [5.41, 5.74) is 0.889. The minimum absolute atomic E-state index is 0.698. The average Bonchev–Trinajstić information content (AvgIpc) is 2.77. The number of methoxy groups -OCH3 is 1. The Morgan fingerprint density at radius 2 is 2.07 bits per heavy atom. The summed E-state index contributed by atoms with van der Waals surface area (Å²) in [7, 11) is 1.69. The van der Waals surface area contributed by atoms with Crippen molar-refractivity contribution in [3.8, 4) is 11.5 Å². The molecule has 4 rings (SSSR count). The zero-order valence-electron chi connectivity index (χ0n) is 16.7. The van der Waals surface area contributed by atoms with Crippen LogP contribution in [0.2, 0.25) is 0 Å². The van der Waals surface area contributed by atoms with Crippen LogP contribution in [0.1, 0.15) is 25.7 Å². The Bertz CT molecular complexity index is 773. The molecule has 0 aliphatic carbocycles. The maximum Gasteiger partial charge on any atom is 0.163 e. The van der Waals surface area contributed by atoms with E-state index in [2.05, 4.69) is 25.5 Å². The van der Waals surface area contributed by atoms with Crippen LogP contribution >= 0.6 is 0 Å². The molecular formula is C21H30N5O2. The summed E-state index contributed by atoms with van der Waals surface area (Å²) in [6.45, 7) is 6.48. The fourth-order valence-electron chi connectivity index (χ4n) is 4.12. The van der Waals surface area contributed by atoms with Crippen molar-refractivity contribution < 1.29 is 9.47 Å². The molecule has 1 N–H and O–H groups in total. The van der Waals surface area contributed by atoms with Gasteiger partial charge in [0.25, 0.3) is 0 Å². The minimum atomic E-state index is 0.698. The lowest BCUT2D eigenvalue weighted by atomic mass is 9.95. The Labute approximate surface area is 166 Å². The van der Waals surface area contributed by atoms with Gasteiger partial charge in [0.15, 0.2) is 11.5 Å². The van der Waals surface area contributed by atoms with Gasteiger partial charge in [0.05, 0.1) is 19.2 Å². The smallest absolute Gasteiger partial charge is 0.163 e. The first kappa shape index (κ1) is 19.2. The number of aromatic nitrogens is 2. The van der Waals surface area contributed by atoms with Gasteiger partial charge < -0.3 is 19.7 Å². The topological polar surface area (TPSA) is 73.6 Å². The van der Waals surface area contributed by atoms with Gasteiger partial charge in [-0.2, -0.15) is 0 Å². The minimum Gasteiger partial charge on any atom is -0.493 e. The molecular weight excluding hydrogens is 354 g/mol. The van der Waals surface area contributed by atoms with E-state index in [9.17, 15) is 0 Å². The normalized spacial score (nSPS) is 20.3. The molecule has 28 heavy (non-hydrogen) atoms. The lowest BCUT2D eigenvalue weighted by Crippen LogP contribution is -2.40. The first-order chi connectivity index (χ1) is 13.8. The predicted molar refractivity (Wildman–Crippen MR) is 110 cm³/mol. The highest BCUT2D eigenvalue weighted by molar-refractivity contribution is 5.92. The van der Waals surface area contributed by atoms with Crippen LogP contribution < -0.4 is 25.0 Å². The van der Waals surface area contributed by atoms with Gasteiger partial charge in [-0.15, -0.1) is 0 Å². The van der Waals surface area contributed by atoms with Crippen molar-refractivity contribution in [2.75, 3.05) is 57.9 Å². The molecule has 0 bridgehead atoms. The molecule has 3 heterocycles. The van der Waals surface area contributed by atoms with E-state index in [1.807, 2.05) is 12.1 Å². The highest BCUT2D eigenvalue weighted by Gasteiger charge is 2.18. The molecule has 1 aromatic carbocycles. The molecule has 1 aromatic heterocycles. The Morgan fingerprint density at radius 3 is 2.86 bits per heavy atom. The van der Waals surface area contributed by atoms with Crippen molar-refractivity contribution in [1.82, 2.24) is 20.6 Å². The summed E-state index contributed by atoms with van der Waals surface area (Å²) < 4.78 is 11.7. The molecule has 0 spiro atoms. The molecule has 7 heteroatoms. The standard InChI is InChI=1S/C21H30N5O2/c1-27-19-12-17-18(24-15-25-21(17)26-9-7-22-8-10-26)13-20(19)28-11-3-5-16-4-2-6-23-14-16/h12-13,15-16,23H,2-11,14H2,1H3.